The lowest BCUT2D eigenvalue weighted by atomic mass is 10.1. The summed E-state index contributed by atoms with van der Waals surface area (Å²) in [6.07, 6.45) is 1.44. The molecule has 0 spiro atoms. The van der Waals surface area contributed by atoms with Crippen molar-refractivity contribution in [2.24, 2.45) is 0 Å². The lowest BCUT2D eigenvalue weighted by molar-refractivity contribution is -0.132. The predicted octanol–water partition coefficient (Wildman–Crippen LogP) is 3.47. The number of benzene rings is 2. The quantitative estimate of drug-likeness (QED) is 0.289. The molecule has 0 radical (unpaired) electrons. The van der Waals surface area contributed by atoms with Gasteiger partial charge >= 0.3 is 0 Å². The van der Waals surface area contributed by atoms with E-state index in [1.807, 2.05) is 36.4 Å². The number of fused-ring (bicyclic) bond motifs is 1. The average Bonchev–Trinajstić information content (AvgIpc) is 3.77. The normalized spacial score (nSPS) is 14.0. The first kappa shape index (κ1) is 27.9. The van der Waals surface area contributed by atoms with Gasteiger partial charge in [0.15, 0.2) is 23.1 Å². The van der Waals surface area contributed by atoms with Crippen molar-refractivity contribution < 1.29 is 33.0 Å². The molecule has 43 heavy (non-hydrogen) atoms. The molecule has 2 amide bonds. The molecule has 1 saturated heterocycles. The van der Waals surface area contributed by atoms with Crippen LogP contribution in [0.25, 0.3) is 11.3 Å². The number of methoxy groups -OCH3 is 2. The largest absolute Gasteiger partial charge is 0.497 e. The Kier molecular flexibility index (Phi) is 7.98. The molecular weight excluding hydrogens is 554 g/mol. The zero-order valence-corrected chi connectivity index (χ0v) is 23.9. The third kappa shape index (κ3) is 6.03. The Balaban J connectivity index is 1.09. The number of nitrogens with zero attached hydrogens (tertiary/aromatic N) is 5. The highest BCUT2D eigenvalue weighted by Gasteiger charge is 2.27. The standard InChI is InChI=1S/C31H31N5O7/c1-39-22-6-7-23(27(17-22)40-2)24-8-10-29(33-32-24)34-11-13-35(14-12-34)30(37)19-36(31(38)26-4-3-15-41-26)18-21-5-9-25-28(16-21)43-20-42-25/h3-10,15-17H,11-14,18-20H2,1-2H3. The van der Waals surface area contributed by atoms with Crippen LogP contribution in [0, 0.1) is 0 Å². The van der Waals surface area contributed by atoms with E-state index < -0.39 is 0 Å². The summed E-state index contributed by atoms with van der Waals surface area (Å²) in [4.78, 5) is 32.0. The first-order valence-corrected chi connectivity index (χ1v) is 13.8. The van der Waals surface area contributed by atoms with Crippen LogP contribution in [0.2, 0.25) is 0 Å². The van der Waals surface area contributed by atoms with E-state index in [-0.39, 0.29) is 37.5 Å². The summed E-state index contributed by atoms with van der Waals surface area (Å²) >= 11 is 0. The minimum Gasteiger partial charge on any atom is -0.497 e. The summed E-state index contributed by atoms with van der Waals surface area (Å²) < 4.78 is 27.0. The zero-order chi connectivity index (χ0) is 29.8. The molecule has 0 atom stereocenters. The molecule has 0 saturated carbocycles. The summed E-state index contributed by atoms with van der Waals surface area (Å²) in [6, 6.07) is 18.1. The van der Waals surface area contributed by atoms with Gasteiger partial charge < -0.3 is 38.1 Å². The molecule has 0 aliphatic carbocycles. The molecule has 0 N–H and O–H groups in total. The van der Waals surface area contributed by atoms with Crippen LogP contribution in [0.5, 0.6) is 23.0 Å². The van der Waals surface area contributed by atoms with Gasteiger partial charge in [0.05, 0.1) is 26.2 Å². The number of hydrogen-bond acceptors (Lipinski definition) is 10. The van der Waals surface area contributed by atoms with Crippen molar-refractivity contribution in [3.63, 3.8) is 0 Å². The topological polar surface area (TPSA) is 120 Å². The van der Waals surface area contributed by atoms with Crippen LogP contribution in [0.4, 0.5) is 5.82 Å². The highest BCUT2D eigenvalue weighted by Crippen LogP contribution is 2.34. The second-order valence-electron chi connectivity index (χ2n) is 10.0. The highest BCUT2D eigenvalue weighted by molar-refractivity contribution is 5.94. The van der Waals surface area contributed by atoms with Gasteiger partial charge in [-0.3, -0.25) is 9.59 Å². The number of carbonyl (C=O) groups excluding carboxylic acids is 2. The van der Waals surface area contributed by atoms with Gasteiger partial charge in [-0.1, -0.05) is 6.07 Å². The van der Waals surface area contributed by atoms with Crippen LogP contribution in [0.3, 0.4) is 0 Å². The van der Waals surface area contributed by atoms with Crippen molar-refractivity contribution >= 4 is 17.6 Å². The molecule has 2 aromatic heterocycles. The van der Waals surface area contributed by atoms with Crippen molar-refractivity contribution in [2.45, 2.75) is 6.54 Å². The number of rotatable bonds is 9. The van der Waals surface area contributed by atoms with Crippen molar-refractivity contribution in [1.29, 1.82) is 0 Å². The Morgan fingerprint density at radius 1 is 0.907 bits per heavy atom. The maximum Gasteiger partial charge on any atom is 0.290 e. The van der Waals surface area contributed by atoms with Crippen LogP contribution < -0.4 is 23.8 Å². The van der Waals surface area contributed by atoms with Gasteiger partial charge in [0.25, 0.3) is 5.91 Å². The fourth-order valence-electron chi connectivity index (χ4n) is 5.11. The molecule has 2 aliphatic heterocycles. The van der Waals surface area contributed by atoms with Gasteiger partial charge in [0.2, 0.25) is 12.7 Å². The van der Waals surface area contributed by atoms with E-state index in [0.29, 0.717) is 54.9 Å². The second kappa shape index (κ2) is 12.3. The fourth-order valence-corrected chi connectivity index (χ4v) is 5.11. The molecule has 2 aromatic carbocycles. The fraction of sp³-hybridized carbons (Fsp3) is 0.290. The first-order chi connectivity index (χ1) is 21.0. The molecule has 12 heteroatoms. The Labute approximate surface area is 248 Å². The third-order valence-electron chi connectivity index (χ3n) is 7.45. The highest BCUT2D eigenvalue weighted by atomic mass is 16.7. The summed E-state index contributed by atoms with van der Waals surface area (Å²) in [5, 5.41) is 8.87. The summed E-state index contributed by atoms with van der Waals surface area (Å²) in [7, 11) is 3.21. The van der Waals surface area contributed by atoms with Crippen molar-refractivity contribution in [3.8, 4) is 34.3 Å². The summed E-state index contributed by atoms with van der Waals surface area (Å²) in [5.41, 5.74) is 2.31. The van der Waals surface area contributed by atoms with Crippen molar-refractivity contribution in [2.75, 3.05) is 58.6 Å². The molecule has 222 valence electrons. The molecule has 2 aliphatic rings. The van der Waals surface area contributed by atoms with Crippen LogP contribution in [-0.4, -0.2) is 85.5 Å². The number of carbonyl (C=O) groups is 2. The summed E-state index contributed by atoms with van der Waals surface area (Å²) in [5.74, 6) is 3.00. The molecule has 0 unspecified atom stereocenters. The predicted molar refractivity (Wildman–Crippen MR) is 155 cm³/mol. The van der Waals surface area contributed by atoms with Crippen molar-refractivity contribution in [1.82, 2.24) is 20.0 Å². The molecular formula is C31H31N5O7. The van der Waals surface area contributed by atoms with Crippen LogP contribution in [0.15, 0.2) is 71.3 Å². The second-order valence-corrected chi connectivity index (χ2v) is 10.0. The van der Waals surface area contributed by atoms with E-state index >= 15 is 0 Å². The lowest BCUT2D eigenvalue weighted by Crippen LogP contribution is -2.52. The third-order valence-corrected chi connectivity index (χ3v) is 7.45. The lowest BCUT2D eigenvalue weighted by Gasteiger charge is -2.36. The van der Waals surface area contributed by atoms with Crippen molar-refractivity contribution in [3.05, 3.63) is 78.3 Å². The zero-order valence-electron chi connectivity index (χ0n) is 23.9. The SMILES string of the molecule is COc1ccc(-c2ccc(N3CCN(C(=O)CN(Cc4ccc5c(c4)OCO5)C(=O)c4ccco4)CC3)nn2)c(OC)c1. The molecule has 6 rings (SSSR count). The number of anilines is 1. The van der Waals surface area contributed by atoms with Gasteiger partial charge in [-0.15, -0.1) is 10.2 Å². The Morgan fingerprint density at radius 3 is 2.47 bits per heavy atom. The minimum atomic E-state index is -0.362. The van der Waals surface area contributed by atoms with Crippen LogP contribution >= 0.6 is 0 Å². The monoisotopic (exact) mass is 585 g/mol. The average molecular weight is 586 g/mol. The smallest absolute Gasteiger partial charge is 0.290 e. The number of furan rings is 1. The number of piperazine rings is 1. The Bertz CT molecular complexity index is 1580. The molecule has 0 bridgehead atoms. The number of aromatic nitrogens is 2. The van der Waals surface area contributed by atoms with E-state index in [0.717, 1.165) is 16.9 Å². The minimum absolute atomic E-state index is 0.0911. The van der Waals surface area contributed by atoms with E-state index in [4.69, 9.17) is 23.4 Å². The van der Waals surface area contributed by atoms with Gasteiger partial charge in [0, 0.05) is 44.4 Å². The van der Waals surface area contributed by atoms with Gasteiger partial charge in [-0.25, -0.2) is 0 Å². The van der Waals surface area contributed by atoms with Crippen LogP contribution in [-0.2, 0) is 11.3 Å². The number of ether oxygens (including phenoxy) is 4. The van der Waals surface area contributed by atoms with E-state index in [2.05, 4.69) is 15.1 Å². The Hall–Kier alpha value is -5.26. The van der Waals surface area contributed by atoms with Crippen LogP contribution in [0.1, 0.15) is 16.1 Å². The molecule has 4 aromatic rings. The maximum atomic E-state index is 13.4. The Morgan fingerprint density at radius 2 is 1.74 bits per heavy atom. The molecule has 4 heterocycles. The number of amides is 2. The van der Waals surface area contributed by atoms with E-state index in [1.54, 1.807) is 43.4 Å². The van der Waals surface area contributed by atoms with Gasteiger partial charge in [0.1, 0.15) is 18.0 Å². The number of hydrogen-bond donors (Lipinski definition) is 0. The molecule has 1 fully saturated rings. The van der Waals surface area contributed by atoms with Gasteiger partial charge in [-0.05, 0) is 54.1 Å². The molecule has 12 nitrogen and oxygen atoms in total. The van der Waals surface area contributed by atoms with Gasteiger partial charge in [-0.2, -0.15) is 0 Å². The van der Waals surface area contributed by atoms with E-state index in [9.17, 15) is 9.59 Å². The maximum absolute atomic E-state index is 13.4. The first-order valence-electron chi connectivity index (χ1n) is 13.8. The summed E-state index contributed by atoms with van der Waals surface area (Å²) in [6.45, 7) is 2.42. The van der Waals surface area contributed by atoms with E-state index in [1.165, 1.54) is 11.2 Å².